The number of thioether (sulfide) groups is 1. The molecule has 0 unspecified atom stereocenters. The monoisotopic (exact) mass is 406 g/mol. The maximum atomic E-state index is 12.1. The molecule has 4 rings (SSSR count). The summed E-state index contributed by atoms with van der Waals surface area (Å²) < 4.78 is 24.2. The van der Waals surface area contributed by atoms with Crippen LogP contribution in [-0.4, -0.2) is 37.2 Å². The van der Waals surface area contributed by atoms with E-state index in [1.165, 1.54) is 11.1 Å². The maximum absolute atomic E-state index is 12.1. The molecule has 26 heavy (non-hydrogen) atoms. The Kier molecular flexibility index (Phi) is 4.75. The van der Waals surface area contributed by atoms with Gasteiger partial charge in [-0.3, -0.25) is 4.99 Å². The van der Waals surface area contributed by atoms with Gasteiger partial charge in [-0.25, -0.2) is 8.42 Å². The largest absolute Gasteiger partial charge is 0.315 e. The van der Waals surface area contributed by atoms with Crippen molar-refractivity contribution in [1.29, 1.82) is 0 Å². The smallest absolute Gasteiger partial charge is 0.164 e. The first-order valence-corrected chi connectivity index (χ1v) is 11.6. The molecule has 0 N–H and O–H groups in total. The third-order valence-electron chi connectivity index (χ3n) is 4.64. The summed E-state index contributed by atoms with van der Waals surface area (Å²) in [5.41, 5.74) is 3.36. The van der Waals surface area contributed by atoms with E-state index in [1.54, 1.807) is 11.8 Å². The fraction of sp³-hybridized carbons (Fsp3) is 0.316. The van der Waals surface area contributed by atoms with E-state index in [4.69, 9.17) is 16.6 Å². The van der Waals surface area contributed by atoms with Crippen LogP contribution in [0.15, 0.2) is 53.5 Å². The summed E-state index contributed by atoms with van der Waals surface area (Å²) in [5.74, 6) is 1.06. The molecule has 136 valence electrons. The van der Waals surface area contributed by atoms with Gasteiger partial charge in [-0.2, -0.15) is 0 Å². The maximum Gasteiger partial charge on any atom is 0.164 e. The third kappa shape index (κ3) is 3.63. The van der Waals surface area contributed by atoms with Crippen molar-refractivity contribution in [1.82, 2.24) is 0 Å². The fourth-order valence-corrected chi connectivity index (χ4v) is 6.61. The van der Waals surface area contributed by atoms with Crippen LogP contribution in [0.5, 0.6) is 0 Å². The van der Waals surface area contributed by atoms with Crippen LogP contribution in [0.2, 0.25) is 5.02 Å². The van der Waals surface area contributed by atoms with Crippen molar-refractivity contribution >= 4 is 44.1 Å². The molecule has 7 heteroatoms. The van der Waals surface area contributed by atoms with Gasteiger partial charge in [0.15, 0.2) is 15.0 Å². The van der Waals surface area contributed by atoms with Gasteiger partial charge in [-0.1, -0.05) is 59.3 Å². The SMILES string of the molecule is Cc1cccc(CSC2=N[C@@H]3CS(=O)(=O)C[C@H]3N2c2cccc(Cl)c2)c1. The van der Waals surface area contributed by atoms with Gasteiger partial charge in [0.2, 0.25) is 0 Å². The molecule has 2 heterocycles. The van der Waals surface area contributed by atoms with Gasteiger partial charge in [0.1, 0.15) is 0 Å². The highest BCUT2D eigenvalue weighted by molar-refractivity contribution is 8.13. The predicted molar refractivity (Wildman–Crippen MR) is 110 cm³/mol. The highest BCUT2D eigenvalue weighted by Gasteiger charge is 2.47. The molecule has 2 aromatic rings. The van der Waals surface area contributed by atoms with Crippen molar-refractivity contribution in [3.05, 3.63) is 64.7 Å². The molecule has 2 aliphatic heterocycles. The summed E-state index contributed by atoms with van der Waals surface area (Å²) in [6, 6.07) is 15.6. The lowest BCUT2D eigenvalue weighted by atomic mass is 10.1. The van der Waals surface area contributed by atoms with Gasteiger partial charge >= 0.3 is 0 Å². The molecule has 0 aliphatic carbocycles. The normalized spacial score (nSPS) is 23.8. The number of benzene rings is 2. The van der Waals surface area contributed by atoms with E-state index in [-0.39, 0.29) is 23.6 Å². The number of hydrogen-bond donors (Lipinski definition) is 0. The van der Waals surface area contributed by atoms with Gasteiger partial charge in [-0.15, -0.1) is 0 Å². The summed E-state index contributed by atoms with van der Waals surface area (Å²) in [6.45, 7) is 2.08. The zero-order valence-electron chi connectivity index (χ0n) is 14.3. The van der Waals surface area contributed by atoms with Crippen LogP contribution in [0.3, 0.4) is 0 Å². The van der Waals surface area contributed by atoms with E-state index in [9.17, 15) is 8.42 Å². The quantitative estimate of drug-likeness (QED) is 0.775. The van der Waals surface area contributed by atoms with Crippen LogP contribution in [0.25, 0.3) is 0 Å². The topological polar surface area (TPSA) is 49.7 Å². The number of halogens is 1. The number of fused-ring (bicyclic) bond motifs is 1. The van der Waals surface area contributed by atoms with Gasteiger partial charge in [0.05, 0.1) is 23.6 Å². The third-order valence-corrected chi connectivity index (χ3v) is 7.62. The molecule has 2 atom stereocenters. The number of amidine groups is 1. The van der Waals surface area contributed by atoms with Gasteiger partial charge in [0, 0.05) is 16.5 Å². The van der Waals surface area contributed by atoms with Crippen molar-refractivity contribution in [2.24, 2.45) is 4.99 Å². The van der Waals surface area contributed by atoms with Gasteiger partial charge in [0.25, 0.3) is 0 Å². The highest BCUT2D eigenvalue weighted by Crippen LogP contribution is 2.36. The number of sulfone groups is 1. The Morgan fingerprint density at radius 2 is 2.00 bits per heavy atom. The number of aryl methyl sites for hydroxylation is 1. The van der Waals surface area contributed by atoms with Crippen molar-refractivity contribution < 1.29 is 8.42 Å². The van der Waals surface area contributed by atoms with E-state index < -0.39 is 9.84 Å². The molecule has 0 saturated carbocycles. The summed E-state index contributed by atoms with van der Waals surface area (Å²) in [6.07, 6.45) is 0. The van der Waals surface area contributed by atoms with Crippen molar-refractivity contribution in [2.45, 2.75) is 24.8 Å². The lowest BCUT2D eigenvalue weighted by molar-refractivity contribution is 0.601. The van der Waals surface area contributed by atoms with Crippen molar-refractivity contribution in [3.8, 4) is 0 Å². The molecule has 0 radical (unpaired) electrons. The summed E-state index contributed by atoms with van der Waals surface area (Å²) >= 11 is 7.82. The second kappa shape index (κ2) is 6.91. The second-order valence-electron chi connectivity index (χ2n) is 6.75. The van der Waals surface area contributed by atoms with E-state index in [0.29, 0.717) is 5.02 Å². The molecule has 0 aromatic heterocycles. The van der Waals surface area contributed by atoms with Gasteiger partial charge in [-0.05, 0) is 30.7 Å². The first-order chi connectivity index (χ1) is 12.4. The summed E-state index contributed by atoms with van der Waals surface area (Å²) in [7, 11) is -3.04. The lowest BCUT2D eigenvalue weighted by Crippen LogP contribution is -2.39. The number of aliphatic imine (C=N–C) groups is 1. The molecule has 0 bridgehead atoms. The average molecular weight is 407 g/mol. The van der Waals surface area contributed by atoms with E-state index in [0.717, 1.165) is 16.6 Å². The fourth-order valence-electron chi connectivity index (χ4n) is 3.51. The van der Waals surface area contributed by atoms with E-state index >= 15 is 0 Å². The van der Waals surface area contributed by atoms with Crippen LogP contribution in [0.4, 0.5) is 5.69 Å². The molecular formula is C19H19ClN2O2S2. The Morgan fingerprint density at radius 3 is 2.77 bits per heavy atom. The molecule has 0 spiro atoms. The minimum absolute atomic E-state index is 0.128. The van der Waals surface area contributed by atoms with Crippen LogP contribution >= 0.6 is 23.4 Å². The number of hydrogen-bond acceptors (Lipinski definition) is 5. The highest BCUT2D eigenvalue weighted by atomic mass is 35.5. The zero-order chi connectivity index (χ0) is 18.3. The Balaban J connectivity index is 1.63. The molecular weight excluding hydrogens is 388 g/mol. The minimum atomic E-state index is -3.04. The first-order valence-electron chi connectivity index (χ1n) is 8.43. The first kappa shape index (κ1) is 17.9. The molecule has 1 fully saturated rings. The Labute approximate surface area is 163 Å². The van der Waals surface area contributed by atoms with E-state index in [2.05, 4.69) is 36.1 Å². The summed E-state index contributed by atoms with van der Waals surface area (Å²) in [4.78, 5) is 6.81. The standard InChI is InChI=1S/C19H19ClN2O2S2/c1-13-4-2-5-14(8-13)10-25-19-21-17-11-26(23,24)12-18(17)22(19)16-7-3-6-15(20)9-16/h2-9,17-18H,10-12H2,1H3/t17-,18-/m1/s1. The molecule has 0 amide bonds. The number of rotatable bonds is 3. The van der Waals surface area contributed by atoms with Gasteiger partial charge < -0.3 is 4.90 Å². The summed E-state index contributed by atoms with van der Waals surface area (Å²) in [5, 5.41) is 1.51. The zero-order valence-corrected chi connectivity index (χ0v) is 16.7. The molecule has 4 nitrogen and oxygen atoms in total. The molecule has 1 saturated heterocycles. The van der Waals surface area contributed by atoms with Crippen LogP contribution in [0.1, 0.15) is 11.1 Å². The van der Waals surface area contributed by atoms with Crippen LogP contribution < -0.4 is 4.90 Å². The number of nitrogens with zero attached hydrogens (tertiary/aromatic N) is 2. The number of anilines is 1. The Bertz CT molecular complexity index is 975. The predicted octanol–water partition coefficient (Wildman–Crippen LogP) is 3.92. The van der Waals surface area contributed by atoms with E-state index in [1.807, 2.05) is 24.3 Å². The Hall–Kier alpha value is -1.50. The Morgan fingerprint density at radius 1 is 1.19 bits per heavy atom. The van der Waals surface area contributed by atoms with Crippen LogP contribution in [0, 0.1) is 6.92 Å². The minimum Gasteiger partial charge on any atom is -0.315 e. The second-order valence-corrected chi connectivity index (χ2v) is 10.3. The average Bonchev–Trinajstić information content (AvgIpc) is 3.04. The van der Waals surface area contributed by atoms with Crippen molar-refractivity contribution in [3.63, 3.8) is 0 Å². The molecule has 2 aromatic carbocycles. The lowest BCUT2D eigenvalue weighted by Gasteiger charge is -2.26. The molecule has 2 aliphatic rings. The van der Waals surface area contributed by atoms with Crippen molar-refractivity contribution in [2.75, 3.05) is 16.4 Å². The van der Waals surface area contributed by atoms with Crippen LogP contribution in [-0.2, 0) is 15.6 Å².